The number of hydrogen-bond donors (Lipinski definition) is 1. The Bertz CT molecular complexity index is 801. The van der Waals surface area contributed by atoms with Gasteiger partial charge in [-0.15, -0.1) is 0 Å². The molecule has 1 saturated heterocycles. The van der Waals surface area contributed by atoms with E-state index in [0.29, 0.717) is 24.8 Å². The minimum Gasteiger partial charge on any atom is -0.341 e. The van der Waals surface area contributed by atoms with E-state index in [1.54, 1.807) is 17.0 Å². The summed E-state index contributed by atoms with van der Waals surface area (Å²) >= 11 is 0. The van der Waals surface area contributed by atoms with Gasteiger partial charge in [0.1, 0.15) is 11.6 Å². The summed E-state index contributed by atoms with van der Waals surface area (Å²) in [4.78, 5) is 19.0. The molecule has 0 spiro atoms. The summed E-state index contributed by atoms with van der Waals surface area (Å²) in [6, 6.07) is 5.92. The van der Waals surface area contributed by atoms with E-state index in [0.717, 1.165) is 24.2 Å². The lowest BCUT2D eigenvalue weighted by Crippen LogP contribution is -2.30. The van der Waals surface area contributed by atoms with Crippen LogP contribution in [0.4, 0.5) is 8.78 Å². The molecule has 2 fully saturated rings. The van der Waals surface area contributed by atoms with Gasteiger partial charge in [0.25, 0.3) is 0 Å². The summed E-state index contributed by atoms with van der Waals surface area (Å²) < 4.78 is 26.7. The van der Waals surface area contributed by atoms with Crippen molar-refractivity contribution in [3.63, 3.8) is 0 Å². The SMILES string of the molecule is O=C(Cc1ccc(F)cc1)N1C[C@@H](CF)[C@H](c2nc(C3CCCCC3)n[nH]2)C1. The molecule has 5 nitrogen and oxygen atoms in total. The monoisotopic (exact) mass is 388 g/mol. The van der Waals surface area contributed by atoms with Crippen molar-refractivity contribution in [1.29, 1.82) is 0 Å². The number of aromatic amines is 1. The lowest BCUT2D eigenvalue weighted by molar-refractivity contribution is -0.129. The minimum atomic E-state index is -0.496. The van der Waals surface area contributed by atoms with Gasteiger partial charge in [-0.05, 0) is 30.5 Å². The Balaban J connectivity index is 1.43. The smallest absolute Gasteiger partial charge is 0.227 e. The van der Waals surface area contributed by atoms with Gasteiger partial charge in [0.05, 0.1) is 13.1 Å². The molecule has 0 bridgehead atoms. The number of halogens is 2. The van der Waals surface area contributed by atoms with Crippen LogP contribution in [-0.4, -0.2) is 45.8 Å². The summed E-state index contributed by atoms with van der Waals surface area (Å²) in [6.07, 6.45) is 6.09. The van der Waals surface area contributed by atoms with Crippen LogP contribution in [0.5, 0.6) is 0 Å². The average molecular weight is 388 g/mol. The maximum atomic E-state index is 13.7. The van der Waals surface area contributed by atoms with Gasteiger partial charge >= 0.3 is 0 Å². The van der Waals surface area contributed by atoms with Gasteiger partial charge in [-0.2, -0.15) is 5.10 Å². The van der Waals surface area contributed by atoms with Crippen LogP contribution in [-0.2, 0) is 11.2 Å². The fourth-order valence-corrected chi connectivity index (χ4v) is 4.43. The second kappa shape index (κ2) is 8.37. The molecule has 1 aliphatic carbocycles. The summed E-state index contributed by atoms with van der Waals surface area (Å²) in [7, 11) is 0. The van der Waals surface area contributed by atoms with Crippen LogP contribution in [0.3, 0.4) is 0 Å². The van der Waals surface area contributed by atoms with E-state index in [4.69, 9.17) is 0 Å². The van der Waals surface area contributed by atoms with Crippen molar-refractivity contribution in [2.75, 3.05) is 19.8 Å². The number of likely N-dealkylation sites (tertiary alicyclic amines) is 1. The van der Waals surface area contributed by atoms with Gasteiger partial charge in [-0.25, -0.2) is 9.37 Å². The highest BCUT2D eigenvalue weighted by atomic mass is 19.1. The quantitative estimate of drug-likeness (QED) is 0.849. The van der Waals surface area contributed by atoms with E-state index in [2.05, 4.69) is 15.2 Å². The van der Waals surface area contributed by atoms with Crippen LogP contribution >= 0.6 is 0 Å². The molecule has 1 aromatic heterocycles. The fraction of sp³-hybridized carbons (Fsp3) is 0.571. The van der Waals surface area contributed by atoms with E-state index in [1.807, 2.05) is 0 Å². The first-order valence-corrected chi connectivity index (χ1v) is 10.1. The van der Waals surface area contributed by atoms with Crippen molar-refractivity contribution >= 4 is 5.91 Å². The number of aromatic nitrogens is 3. The normalized spacial score (nSPS) is 23.3. The Kier molecular flexibility index (Phi) is 5.69. The number of carbonyl (C=O) groups excluding carboxylic acids is 1. The number of nitrogens with zero attached hydrogens (tertiary/aromatic N) is 3. The van der Waals surface area contributed by atoms with Gasteiger partial charge in [-0.3, -0.25) is 14.3 Å². The fourth-order valence-electron chi connectivity index (χ4n) is 4.43. The number of carbonyl (C=O) groups is 1. The van der Waals surface area contributed by atoms with Gasteiger partial charge in [0.15, 0.2) is 5.82 Å². The number of alkyl halides is 1. The van der Waals surface area contributed by atoms with Crippen LogP contribution in [0.15, 0.2) is 24.3 Å². The largest absolute Gasteiger partial charge is 0.341 e. The van der Waals surface area contributed by atoms with Crippen LogP contribution in [0.25, 0.3) is 0 Å². The van der Waals surface area contributed by atoms with E-state index >= 15 is 0 Å². The zero-order valence-corrected chi connectivity index (χ0v) is 15.9. The number of H-pyrrole nitrogens is 1. The van der Waals surface area contributed by atoms with Gasteiger partial charge in [0.2, 0.25) is 5.91 Å². The molecule has 4 rings (SSSR count). The molecular formula is C21H26F2N4O. The summed E-state index contributed by atoms with van der Waals surface area (Å²) in [5, 5.41) is 7.42. The number of rotatable bonds is 5. The first-order valence-electron chi connectivity index (χ1n) is 10.1. The van der Waals surface area contributed by atoms with Crippen molar-refractivity contribution < 1.29 is 13.6 Å². The Hall–Kier alpha value is -2.31. The van der Waals surface area contributed by atoms with Crippen LogP contribution in [0.2, 0.25) is 0 Å². The highest BCUT2D eigenvalue weighted by molar-refractivity contribution is 5.79. The third-order valence-corrected chi connectivity index (χ3v) is 6.10. The zero-order chi connectivity index (χ0) is 19.5. The van der Waals surface area contributed by atoms with E-state index < -0.39 is 6.67 Å². The third kappa shape index (κ3) is 4.08. The van der Waals surface area contributed by atoms with Crippen LogP contribution in [0.1, 0.15) is 61.2 Å². The third-order valence-electron chi connectivity index (χ3n) is 6.10. The van der Waals surface area contributed by atoms with Gasteiger partial charge in [0, 0.05) is 30.8 Å². The molecule has 1 aliphatic heterocycles. The highest BCUT2D eigenvalue weighted by Crippen LogP contribution is 2.34. The molecule has 1 saturated carbocycles. The molecular weight excluding hydrogens is 362 g/mol. The van der Waals surface area contributed by atoms with Gasteiger partial charge < -0.3 is 4.90 Å². The molecule has 1 amide bonds. The first kappa shape index (κ1) is 19.0. The molecule has 0 radical (unpaired) electrons. The predicted molar refractivity (Wildman–Crippen MR) is 101 cm³/mol. The predicted octanol–water partition coefficient (Wildman–Crippen LogP) is 3.75. The topological polar surface area (TPSA) is 61.9 Å². The molecule has 1 aromatic carbocycles. The van der Waals surface area contributed by atoms with E-state index in [-0.39, 0.29) is 30.0 Å². The van der Waals surface area contributed by atoms with Crippen LogP contribution < -0.4 is 0 Å². The maximum absolute atomic E-state index is 13.7. The van der Waals surface area contributed by atoms with Crippen molar-refractivity contribution in [2.45, 2.75) is 50.4 Å². The molecule has 2 heterocycles. The molecule has 0 unspecified atom stereocenters. The van der Waals surface area contributed by atoms with Crippen molar-refractivity contribution in [3.8, 4) is 0 Å². The first-order chi connectivity index (χ1) is 13.6. The Labute approximate surface area is 163 Å². The standard InChI is InChI=1S/C21H26F2N4O/c22-11-16-12-27(19(28)10-14-6-8-17(23)9-7-14)13-18(16)21-24-20(25-26-21)15-4-2-1-3-5-15/h6-9,15-16,18H,1-5,10-13H2,(H,24,25,26)/t16-,18-/m1/s1. The number of amides is 1. The van der Waals surface area contributed by atoms with E-state index in [1.165, 1.54) is 31.4 Å². The lowest BCUT2D eigenvalue weighted by Gasteiger charge is -2.18. The summed E-state index contributed by atoms with van der Waals surface area (Å²) in [5.74, 6) is 1.09. The molecule has 7 heteroatoms. The highest BCUT2D eigenvalue weighted by Gasteiger charge is 2.38. The summed E-state index contributed by atoms with van der Waals surface area (Å²) in [6.45, 7) is 0.318. The van der Waals surface area contributed by atoms with Gasteiger partial charge in [-0.1, -0.05) is 31.4 Å². The minimum absolute atomic E-state index is 0.0698. The lowest BCUT2D eigenvalue weighted by atomic mass is 9.89. The van der Waals surface area contributed by atoms with Crippen molar-refractivity contribution in [2.24, 2.45) is 5.92 Å². The zero-order valence-electron chi connectivity index (χ0n) is 15.9. The second-order valence-corrected chi connectivity index (χ2v) is 8.04. The molecule has 2 aromatic rings. The van der Waals surface area contributed by atoms with E-state index in [9.17, 15) is 13.6 Å². The van der Waals surface area contributed by atoms with Crippen molar-refractivity contribution in [3.05, 3.63) is 47.3 Å². The molecule has 1 N–H and O–H groups in total. The molecule has 2 atom stereocenters. The number of benzene rings is 1. The second-order valence-electron chi connectivity index (χ2n) is 8.04. The Morgan fingerprint density at radius 1 is 1.14 bits per heavy atom. The maximum Gasteiger partial charge on any atom is 0.227 e. The number of hydrogen-bond acceptors (Lipinski definition) is 3. The van der Waals surface area contributed by atoms with Crippen LogP contribution in [0, 0.1) is 11.7 Å². The molecule has 150 valence electrons. The van der Waals surface area contributed by atoms with Crippen molar-refractivity contribution in [1.82, 2.24) is 20.1 Å². The Morgan fingerprint density at radius 3 is 2.61 bits per heavy atom. The molecule has 2 aliphatic rings. The average Bonchev–Trinajstić information content (AvgIpc) is 3.37. The Morgan fingerprint density at radius 2 is 1.89 bits per heavy atom. The molecule has 28 heavy (non-hydrogen) atoms. The summed E-state index contributed by atoms with van der Waals surface area (Å²) in [5.41, 5.74) is 0.755. The number of nitrogens with one attached hydrogen (secondary N) is 1.